The van der Waals surface area contributed by atoms with E-state index in [0.29, 0.717) is 30.9 Å². The van der Waals surface area contributed by atoms with Gasteiger partial charge in [-0.15, -0.1) is 0 Å². The van der Waals surface area contributed by atoms with E-state index in [-0.39, 0.29) is 23.2 Å². The summed E-state index contributed by atoms with van der Waals surface area (Å²) in [5, 5.41) is 0.0706. The first-order valence-electron chi connectivity index (χ1n) is 11.3. The second-order valence-corrected chi connectivity index (χ2v) is 14.6. The topological polar surface area (TPSA) is 70.8 Å². The summed E-state index contributed by atoms with van der Waals surface area (Å²) in [6, 6.07) is 7.93. The molecule has 0 N–H and O–H groups in total. The summed E-state index contributed by atoms with van der Waals surface area (Å²) in [6.45, 7) is 16.0. The molecule has 0 fully saturated rings. The summed E-state index contributed by atoms with van der Waals surface area (Å²) >= 11 is 0. The standard InChI is InChI=1S/C25H39NO5Si/c1-9-22(29-16-19-10-12-21(28-6)13-11-19)18(2)23(31-32(7,8)25(3,4)5)14-24-26-20(15-27)17-30-24/h10-13,15,17-18,22-23H,9,14,16H2,1-8H3/t18-,22-,23+/m1/s1. The number of rotatable bonds is 12. The molecule has 6 nitrogen and oxygen atoms in total. The molecule has 0 spiro atoms. The Morgan fingerprint density at radius 1 is 1.16 bits per heavy atom. The third kappa shape index (κ3) is 7.02. The highest BCUT2D eigenvalue weighted by Crippen LogP contribution is 2.39. The number of carbonyl (C=O) groups excluding carboxylic acids is 1. The normalized spacial score (nSPS) is 15.2. The molecule has 0 radical (unpaired) electrons. The molecule has 0 unspecified atom stereocenters. The molecule has 1 aromatic heterocycles. The SMILES string of the molecule is CC[C@@H](OCc1ccc(OC)cc1)[C@@H](C)[C@H](Cc1nc(C=O)co1)O[Si](C)(C)C(C)(C)C. The molecule has 0 aliphatic rings. The highest BCUT2D eigenvalue weighted by molar-refractivity contribution is 6.74. The molecule has 0 saturated carbocycles. The predicted molar refractivity (Wildman–Crippen MR) is 129 cm³/mol. The number of oxazole rings is 1. The zero-order valence-electron chi connectivity index (χ0n) is 20.8. The zero-order valence-corrected chi connectivity index (χ0v) is 21.8. The van der Waals surface area contributed by atoms with Crippen LogP contribution in [0.15, 0.2) is 34.9 Å². The van der Waals surface area contributed by atoms with Crippen LogP contribution >= 0.6 is 0 Å². The summed E-state index contributed by atoms with van der Waals surface area (Å²) < 4.78 is 24.0. The Labute approximate surface area is 193 Å². The van der Waals surface area contributed by atoms with Crippen LogP contribution in [0.4, 0.5) is 0 Å². The van der Waals surface area contributed by atoms with Gasteiger partial charge in [0.05, 0.1) is 25.9 Å². The van der Waals surface area contributed by atoms with Gasteiger partial charge in [0, 0.05) is 12.3 Å². The molecule has 7 heteroatoms. The first-order valence-corrected chi connectivity index (χ1v) is 14.2. The van der Waals surface area contributed by atoms with Crippen molar-refractivity contribution in [1.29, 1.82) is 0 Å². The van der Waals surface area contributed by atoms with Gasteiger partial charge in [0.2, 0.25) is 0 Å². The van der Waals surface area contributed by atoms with E-state index < -0.39 is 8.32 Å². The summed E-state index contributed by atoms with van der Waals surface area (Å²) in [5.41, 5.74) is 1.41. The number of nitrogens with zero attached hydrogens (tertiary/aromatic N) is 1. The lowest BCUT2D eigenvalue weighted by Crippen LogP contribution is -2.48. The van der Waals surface area contributed by atoms with E-state index in [1.54, 1.807) is 7.11 Å². The number of carbonyl (C=O) groups is 1. The fourth-order valence-corrected chi connectivity index (χ4v) is 4.75. The van der Waals surface area contributed by atoms with Gasteiger partial charge >= 0.3 is 0 Å². The predicted octanol–water partition coefficient (Wildman–Crippen LogP) is 6.06. The van der Waals surface area contributed by atoms with Crippen molar-refractivity contribution < 1.29 is 23.1 Å². The van der Waals surface area contributed by atoms with Crippen molar-refractivity contribution in [2.24, 2.45) is 5.92 Å². The van der Waals surface area contributed by atoms with E-state index in [0.717, 1.165) is 17.7 Å². The largest absolute Gasteiger partial charge is 0.497 e. The number of hydrogen-bond acceptors (Lipinski definition) is 6. The van der Waals surface area contributed by atoms with Gasteiger partial charge in [-0.3, -0.25) is 4.79 Å². The van der Waals surface area contributed by atoms with Gasteiger partial charge in [0.15, 0.2) is 20.5 Å². The van der Waals surface area contributed by atoms with Crippen LogP contribution in [0.25, 0.3) is 0 Å². The Morgan fingerprint density at radius 3 is 2.31 bits per heavy atom. The molecule has 178 valence electrons. The Hall–Kier alpha value is -1.96. The molecular weight excluding hydrogens is 422 g/mol. The van der Waals surface area contributed by atoms with Crippen LogP contribution in [-0.4, -0.2) is 38.9 Å². The molecular formula is C25H39NO5Si. The molecule has 1 aromatic carbocycles. The van der Waals surface area contributed by atoms with E-state index in [2.05, 4.69) is 52.7 Å². The second-order valence-electron chi connectivity index (χ2n) is 9.87. The minimum absolute atomic E-state index is 0.00683. The Balaban J connectivity index is 2.18. The van der Waals surface area contributed by atoms with Crippen LogP contribution in [-0.2, 0) is 22.2 Å². The van der Waals surface area contributed by atoms with E-state index in [9.17, 15) is 4.79 Å². The number of methoxy groups -OCH3 is 1. The van der Waals surface area contributed by atoms with Gasteiger partial charge in [-0.25, -0.2) is 4.98 Å². The van der Waals surface area contributed by atoms with Crippen LogP contribution in [0.1, 0.15) is 63.0 Å². The number of benzene rings is 1. The van der Waals surface area contributed by atoms with Crippen molar-refractivity contribution in [1.82, 2.24) is 4.98 Å². The van der Waals surface area contributed by atoms with Gasteiger partial charge in [-0.05, 0) is 42.2 Å². The molecule has 3 atom stereocenters. The lowest BCUT2D eigenvalue weighted by atomic mass is 9.94. The fourth-order valence-electron chi connectivity index (χ4n) is 3.34. The Bertz CT molecular complexity index is 841. The maximum absolute atomic E-state index is 11.0. The number of aromatic nitrogens is 1. The molecule has 2 rings (SSSR count). The van der Waals surface area contributed by atoms with Crippen LogP contribution in [0.2, 0.25) is 18.1 Å². The van der Waals surface area contributed by atoms with Gasteiger partial charge in [0.1, 0.15) is 17.7 Å². The van der Waals surface area contributed by atoms with Crippen molar-refractivity contribution in [3.05, 3.63) is 47.7 Å². The average Bonchev–Trinajstić information content (AvgIpc) is 3.20. The number of aldehydes is 1. The molecule has 0 aliphatic heterocycles. The fraction of sp³-hybridized carbons (Fsp3) is 0.600. The highest BCUT2D eigenvalue weighted by Gasteiger charge is 2.41. The van der Waals surface area contributed by atoms with Crippen LogP contribution in [0.3, 0.4) is 0 Å². The quantitative estimate of drug-likeness (QED) is 0.283. The third-order valence-corrected chi connectivity index (χ3v) is 11.0. The number of ether oxygens (including phenoxy) is 2. The van der Waals surface area contributed by atoms with Crippen molar-refractivity contribution in [2.45, 2.75) is 84.4 Å². The first kappa shape index (κ1) is 26.3. The maximum atomic E-state index is 11.0. The van der Waals surface area contributed by atoms with Crippen molar-refractivity contribution in [3.63, 3.8) is 0 Å². The highest BCUT2D eigenvalue weighted by atomic mass is 28.4. The summed E-state index contributed by atoms with van der Waals surface area (Å²) in [7, 11) is -0.389. The van der Waals surface area contributed by atoms with E-state index in [4.69, 9.17) is 18.3 Å². The molecule has 0 amide bonds. The van der Waals surface area contributed by atoms with Gasteiger partial charge in [-0.1, -0.05) is 46.8 Å². The lowest BCUT2D eigenvalue weighted by Gasteiger charge is -2.42. The Kier molecular flexibility index (Phi) is 9.25. The molecule has 2 aromatic rings. The summed E-state index contributed by atoms with van der Waals surface area (Å²) in [4.78, 5) is 15.3. The third-order valence-electron chi connectivity index (χ3n) is 6.52. The Morgan fingerprint density at radius 2 is 1.81 bits per heavy atom. The average molecular weight is 462 g/mol. The van der Waals surface area contributed by atoms with E-state index in [1.165, 1.54) is 6.26 Å². The van der Waals surface area contributed by atoms with Gasteiger partial charge in [-0.2, -0.15) is 0 Å². The molecule has 0 bridgehead atoms. The van der Waals surface area contributed by atoms with Crippen molar-refractivity contribution >= 4 is 14.6 Å². The van der Waals surface area contributed by atoms with Gasteiger partial charge < -0.3 is 18.3 Å². The lowest BCUT2D eigenvalue weighted by molar-refractivity contribution is -0.0370. The maximum Gasteiger partial charge on any atom is 0.197 e. The van der Waals surface area contributed by atoms with E-state index >= 15 is 0 Å². The minimum Gasteiger partial charge on any atom is -0.497 e. The van der Waals surface area contributed by atoms with Crippen molar-refractivity contribution in [2.75, 3.05) is 7.11 Å². The molecule has 32 heavy (non-hydrogen) atoms. The minimum atomic E-state index is -2.05. The summed E-state index contributed by atoms with van der Waals surface area (Å²) in [6.07, 6.45) is 3.34. The molecule has 1 heterocycles. The van der Waals surface area contributed by atoms with Crippen molar-refractivity contribution in [3.8, 4) is 5.75 Å². The second kappa shape index (κ2) is 11.3. The van der Waals surface area contributed by atoms with Crippen LogP contribution in [0.5, 0.6) is 5.75 Å². The molecule has 0 aliphatic carbocycles. The summed E-state index contributed by atoms with van der Waals surface area (Å²) in [5.74, 6) is 1.46. The van der Waals surface area contributed by atoms with Gasteiger partial charge in [0.25, 0.3) is 0 Å². The first-order chi connectivity index (χ1) is 15.0. The van der Waals surface area contributed by atoms with E-state index in [1.807, 2.05) is 24.3 Å². The smallest absolute Gasteiger partial charge is 0.197 e. The zero-order chi connectivity index (χ0) is 23.9. The monoisotopic (exact) mass is 461 g/mol. The van der Waals surface area contributed by atoms with Crippen LogP contribution in [0, 0.1) is 5.92 Å². The van der Waals surface area contributed by atoms with Crippen LogP contribution < -0.4 is 4.74 Å². The molecule has 0 saturated heterocycles. The number of hydrogen-bond donors (Lipinski definition) is 0.